The van der Waals surface area contributed by atoms with Gasteiger partial charge in [-0.25, -0.2) is 0 Å². The zero-order valence-electron chi connectivity index (χ0n) is 13.7. The largest absolute Gasteiger partial charge is 0.383 e. The van der Waals surface area contributed by atoms with Crippen LogP contribution in [0.2, 0.25) is 0 Å². The van der Waals surface area contributed by atoms with E-state index in [1.54, 1.807) is 12.0 Å². The summed E-state index contributed by atoms with van der Waals surface area (Å²) in [6, 6.07) is 7.31. The Labute approximate surface area is 137 Å². The molecule has 1 unspecified atom stereocenters. The van der Waals surface area contributed by atoms with Gasteiger partial charge in [0.15, 0.2) is 0 Å². The van der Waals surface area contributed by atoms with Crippen molar-refractivity contribution in [3.05, 3.63) is 35.4 Å². The van der Waals surface area contributed by atoms with E-state index in [0.717, 1.165) is 37.1 Å². The number of ether oxygens (including phenoxy) is 1. The van der Waals surface area contributed by atoms with Crippen LogP contribution in [0.3, 0.4) is 0 Å². The third-order valence-corrected chi connectivity index (χ3v) is 4.76. The first-order chi connectivity index (χ1) is 11.2. The number of benzene rings is 1. The fourth-order valence-corrected chi connectivity index (χ4v) is 3.54. The summed E-state index contributed by atoms with van der Waals surface area (Å²) in [5.41, 5.74) is 1.94. The van der Waals surface area contributed by atoms with E-state index < -0.39 is 6.04 Å². The second-order valence-corrected chi connectivity index (χ2v) is 6.24. The molecular formula is C18H24N2O3. The highest BCUT2D eigenvalue weighted by molar-refractivity contribution is 5.92. The van der Waals surface area contributed by atoms with Crippen LogP contribution in [0.25, 0.3) is 0 Å². The molecule has 5 heteroatoms. The van der Waals surface area contributed by atoms with Crippen molar-refractivity contribution in [2.75, 3.05) is 33.4 Å². The number of nitrogens with zero attached hydrogens (tertiary/aromatic N) is 2. The SMILES string of the molecule is COCCN1C(=O)Cc2ccccc2C1C(=O)N1CCCCC1. The Hall–Kier alpha value is -1.88. The maximum Gasteiger partial charge on any atom is 0.250 e. The van der Waals surface area contributed by atoms with E-state index in [9.17, 15) is 9.59 Å². The minimum absolute atomic E-state index is 0.0103. The standard InChI is InChI=1S/C18H24N2O3/c1-23-12-11-20-16(21)13-14-7-3-4-8-15(14)17(20)18(22)19-9-5-2-6-10-19/h3-4,7-8,17H,2,5-6,9-13H2,1H3. The van der Waals surface area contributed by atoms with Crippen LogP contribution >= 0.6 is 0 Å². The molecule has 0 bridgehead atoms. The van der Waals surface area contributed by atoms with Gasteiger partial charge < -0.3 is 14.5 Å². The van der Waals surface area contributed by atoms with Crippen molar-refractivity contribution in [1.82, 2.24) is 9.80 Å². The van der Waals surface area contributed by atoms with Crippen molar-refractivity contribution in [2.24, 2.45) is 0 Å². The van der Waals surface area contributed by atoms with Gasteiger partial charge >= 0.3 is 0 Å². The summed E-state index contributed by atoms with van der Waals surface area (Å²) >= 11 is 0. The van der Waals surface area contributed by atoms with Crippen LogP contribution in [0.5, 0.6) is 0 Å². The lowest BCUT2D eigenvalue weighted by Crippen LogP contribution is -2.50. The molecule has 3 rings (SSSR count). The molecule has 1 saturated heterocycles. The lowest BCUT2D eigenvalue weighted by molar-refractivity contribution is -0.148. The number of rotatable bonds is 4. The molecule has 1 aromatic rings. The molecule has 0 aliphatic carbocycles. The van der Waals surface area contributed by atoms with Crippen molar-refractivity contribution in [3.63, 3.8) is 0 Å². The van der Waals surface area contributed by atoms with Crippen molar-refractivity contribution in [2.45, 2.75) is 31.7 Å². The molecule has 0 radical (unpaired) electrons. The lowest BCUT2D eigenvalue weighted by Gasteiger charge is -2.39. The molecule has 124 valence electrons. The normalized spacial score (nSPS) is 21.3. The number of hydrogen-bond donors (Lipinski definition) is 0. The zero-order valence-corrected chi connectivity index (χ0v) is 13.7. The Morgan fingerprint density at radius 3 is 2.70 bits per heavy atom. The van der Waals surface area contributed by atoms with Gasteiger partial charge in [0.2, 0.25) is 11.8 Å². The summed E-state index contributed by atoms with van der Waals surface area (Å²) in [6.07, 6.45) is 3.64. The maximum absolute atomic E-state index is 13.1. The average molecular weight is 316 g/mol. The molecule has 0 spiro atoms. The minimum atomic E-state index is -0.499. The number of carbonyl (C=O) groups is 2. The molecule has 1 atom stereocenters. The van der Waals surface area contributed by atoms with Crippen LogP contribution in [0.1, 0.15) is 36.4 Å². The fraction of sp³-hybridized carbons (Fsp3) is 0.556. The number of piperidine rings is 1. The molecular weight excluding hydrogens is 292 g/mol. The summed E-state index contributed by atoms with van der Waals surface area (Å²) in [6.45, 7) is 2.49. The second-order valence-electron chi connectivity index (χ2n) is 6.24. The van der Waals surface area contributed by atoms with Crippen LogP contribution in [0, 0.1) is 0 Å². The molecule has 2 heterocycles. The van der Waals surface area contributed by atoms with Gasteiger partial charge in [-0.15, -0.1) is 0 Å². The molecule has 23 heavy (non-hydrogen) atoms. The first-order valence-corrected chi connectivity index (χ1v) is 8.37. The quantitative estimate of drug-likeness (QED) is 0.851. The third kappa shape index (κ3) is 3.24. The topological polar surface area (TPSA) is 49.9 Å². The monoisotopic (exact) mass is 316 g/mol. The smallest absolute Gasteiger partial charge is 0.250 e. The van der Waals surface area contributed by atoms with E-state index in [-0.39, 0.29) is 11.8 Å². The van der Waals surface area contributed by atoms with Crippen LogP contribution in [0.4, 0.5) is 0 Å². The van der Waals surface area contributed by atoms with E-state index >= 15 is 0 Å². The second kappa shape index (κ2) is 7.13. The number of fused-ring (bicyclic) bond motifs is 1. The van der Waals surface area contributed by atoms with E-state index in [1.165, 1.54) is 6.42 Å². The highest BCUT2D eigenvalue weighted by atomic mass is 16.5. The summed E-state index contributed by atoms with van der Waals surface area (Å²) in [4.78, 5) is 29.3. The van der Waals surface area contributed by atoms with Crippen LogP contribution in [-0.4, -0.2) is 55.0 Å². The highest BCUT2D eigenvalue weighted by Gasteiger charge is 2.39. The van der Waals surface area contributed by atoms with Crippen LogP contribution in [-0.2, 0) is 20.7 Å². The Morgan fingerprint density at radius 2 is 1.96 bits per heavy atom. The van der Waals surface area contributed by atoms with Gasteiger partial charge in [-0.3, -0.25) is 9.59 Å². The summed E-state index contributed by atoms with van der Waals surface area (Å²) in [7, 11) is 1.61. The van der Waals surface area contributed by atoms with Crippen LogP contribution < -0.4 is 0 Å². The summed E-state index contributed by atoms with van der Waals surface area (Å²) in [5, 5.41) is 0. The molecule has 1 aromatic carbocycles. The predicted molar refractivity (Wildman–Crippen MR) is 86.9 cm³/mol. The molecule has 2 amide bonds. The van der Waals surface area contributed by atoms with Gasteiger partial charge in [0.25, 0.3) is 0 Å². The number of carbonyl (C=O) groups excluding carboxylic acids is 2. The van der Waals surface area contributed by atoms with Crippen molar-refractivity contribution >= 4 is 11.8 Å². The van der Waals surface area contributed by atoms with E-state index in [1.807, 2.05) is 29.2 Å². The molecule has 2 aliphatic heterocycles. The van der Waals surface area contributed by atoms with Crippen LogP contribution in [0.15, 0.2) is 24.3 Å². The first kappa shape index (κ1) is 16.0. The van der Waals surface area contributed by atoms with E-state index in [0.29, 0.717) is 19.6 Å². The lowest BCUT2D eigenvalue weighted by atomic mass is 9.90. The van der Waals surface area contributed by atoms with Crippen molar-refractivity contribution < 1.29 is 14.3 Å². The Balaban J connectivity index is 1.93. The molecule has 1 fully saturated rings. The number of likely N-dealkylation sites (tertiary alicyclic amines) is 1. The molecule has 2 aliphatic rings. The predicted octanol–water partition coefficient (Wildman–Crippen LogP) is 1.77. The number of hydrogen-bond acceptors (Lipinski definition) is 3. The van der Waals surface area contributed by atoms with Gasteiger partial charge in [-0.05, 0) is 30.4 Å². The fourth-order valence-electron chi connectivity index (χ4n) is 3.54. The number of amides is 2. The van der Waals surface area contributed by atoms with Crippen molar-refractivity contribution in [1.29, 1.82) is 0 Å². The highest BCUT2D eigenvalue weighted by Crippen LogP contribution is 2.32. The van der Waals surface area contributed by atoms with Gasteiger partial charge in [-0.1, -0.05) is 24.3 Å². The third-order valence-electron chi connectivity index (χ3n) is 4.76. The van der Waals surface area contributed by atoms with E-state index in [4.69, 9.17) is 4.74 Å². The number of methoxy groups -OCH3 is 1. The molecule has 0 N–H and O–H groups in total. The Bertz CT molecular complexity index is 581. The van der Waals surface area contributed by atoms with Gasteiger partial charge in [-0.2, -0.15) is 0 Å². The summed E-state index contributed by atoms with van der Waals surface area (Å²) in [5.74, 6) is 0.0670. The van der Waals surface area contributed by atoms with Crippen molar-refractivity contribution in [3.8, 4) is 0 Å². The maximum atomic E-state index is 13.1. The minimum Gasteiger partial charge on any atom is -0.383 e. The van der Waals surface area contributed by atoms with Gasteiger partial charge in [0.05, 0.1) is 13.0 Å². The first-order valence-electron chi connectivity index (χ1n) is 8.37. The van der Waals surface area contributed by atoms with E-state index in [2.05, 4.69) is 0 Å². The van der Waals surface area contributed by atoms with Gasteiger partial charge in [0, 0.05) is 26.7 Å². The zero-order chi connectivity index (χ0) is 16.2. The Kier molecular flexibility index (Phi) is 4.96. The summed E-state index contributed by atoms with van der Waals surface area (Å²) < 4.78 is 5.14. The molecule has 0 aromatic heterocycles. The Morgan fingerprint density at radius 1 is 1.22 bits per heavy atom. The molecule has 0 saturated carbocycles. The van der Waals surface area contributed by atoms with Gasteiger partial charge in [0.1, 0.15) is 6.04 Å². The average Bonchev–Trinajstić information content (AvgIpc) is 2.59. The molecule has 5 nitrogen and oxygen atoms in total.